The van der Waals surface area contributed by atoms with Gasteiger partial charge in [0.2, 0.25) is 0 Å². The minimum atomic E-state index is 0.589. The summed E-state index contributed by atoms with van der Waals surface area (Å²) < 4.78 is 11.3. The highest BCUT2D eigenvalue weighted by Gasteiger charge is 2.20. The van der Waals surface area contributed by atoms with Crippen molar-refractivity contribution in [2.45, 2.75) is 45.6 Å². The quantitative estimate of drug-likeness (QED) is 0.884. The second-order valence-corrected chi connectivity index (χ2v) is 5.16. The number of piperidine rings is 1. The molecule has 1 aromatic rings. The van der Waals surface area contributed by atoms with Crippen LogP contribution in [0.4, 0.5) is 0 Å². The predicted octanol–water partition coefficient (Wildman–Crippen LogP) is 3.34. The van der Waals surface area contributed by atoms with Crippen molar-refractivity contribution in [2.75, 3.05) is 19.8 Å². The van der Waals surface area contributed by atoms with Crippen LogP contribution in [0, 0.1) is 0 Å². The van der Waals surface area contributed by atoms with Crippen LogP contribution < -0.4 is 14.8 Å². The molecule has 3 heteroatoms. The molecule has 0 aromatic heterocycles. The fourth-order valence-corrected chi connectivity index (χ4v) is 2.60. The maximum atomic E-state index is 5.70. The number of nitrogens with one attached hydrogen (secondary N) is 1. The van der Waals surface area contributed by atoms with Crippen molar-refractivity contribution in [1.29, 1.82) is 0 Å². The summed E-state index contributed by atoms with van der Waals surface area (Å²) in [5.41, 5.74) is 1.35. The van der Waals surface area contributed by atoms with Crippen molar-refractivity contribution in [3.05, 3.63) is 23.8 Å². The molecule has 19 heavy (non-hydrogen) atoms. The third kappa shape index (κ3) is 3.63. The Hall–Kier alpha value is -1.22. The average molecular weight is 263 g/mol. The Kier molecular flexibility index (Phi) is 5.08. The van der Waals surface area contributed by atoms with Gasteiger partial charge in [-0.2, -0.15) is 0 Å². The fourth-order valence-electron chi connectivity index (χ4n) is 2.60. The maximum Gasteiger partial charge on any atom is 0.161 e. The van der Waals surface area contributed by atoms with Crippen LogP contribution in [-0.2, 0) is 0 Å². The van der Waals surface area contributed by atoms with Crippen molar-refractivity contribution in [3.8, 4) is 11.5 Å². The zero-order chi connectivity index (χ0) is 13.7. The van der Waals surface area contributed by atoms with Gasteiger partial charge in [-0.1, -0.05) is 6.07 Å². The van der Waals surface area contributed by atoms with Gasteiger partial charge in [-0.15, -0.1) is 0 Å². The molecule has 0 amide bonds. The van der Waals surface area contributed by atoms with Gasteiger partial charge in [-0.05, 0) is 57.2 Å². The van der Waals surface area contributed by atoms with Crippen molar-refractivity contribution < 1.29 is 9.47 Å². The van der Waals surface area contributed by atoms with E-state index in [2.05, 4.69) is 24.4 Å². The lowest BCUT2D eigenvalue weighted by molar-refractivity contribution is 0.287. The summed E-state index contributed by atoms with van der Waals surface area (Å²) in [7, 11) is 0. The van der Waals surface area contributed by atoms with E-state index in [-0.39, 0.29) is 0 Å². The SMILES string of the molecule is CCOc1ccc(C2CCC(C)NC2)cc1OCC. The molecule has 1 aromatic carbocycles. The molecule has 0 aliphatic carbocycles. The third-order valence-electron chi connectivity index (χ3n) is 3.70. The van der Waals surface area contributed by atoms with E-state index in [0.29, 0.717) is 25.2 Å². The van der Waals surface area contributed by atoms with Gasteiger partial charge in [0, 0.05) is 12.6 Å². The standard InChI is InChI=1S/C16H25NO2/c1-4-18-15-9-8-13(10-16(15)19-5-2)14-7-6-12(3)17-11-14/h8-10,12,14,17H,4-7,11H2,1-3H3. The first-order valence-corrected chi connectivity index (χ1v) is 7.37. The molecule has 0 spiro atoms. The highest BCUT2D eigenvalue weighted by atomic mass is 16.5. The van der Waals surface area contributed by atoms with Gasteiger partial charge in [0.15, 0.2) is 11.5 Å². The zero-order valence-corrected chi connectivity index (χ0v) is 12.2. The number of benzene rings is 1. The summed E-state index contributed by atoms with van der Waals surface area (Å²) in [4.78, 5) is 0. The van der Waals surface area contributed by atoms with E-state index in [4.69, 9.17) is 9.47 Å². The summed E-state index contributed by atoms with van der Waals surface area (Å²) in [5, 5.41) is 3.55. The summed E-state index contributed by atoms with van der Waals surface area (Å²) >= 11 is 0. The Morgan fingerprint density at radius 1 is 1.11 bits per heavy atom. The Balaban J connectivity index is 2.15. The van der Waals surface area contributed by atoms with Gasteiger partial charge in [0.05, 0.1) is 13.2 Å². The Morgan fingerprint density at radius 3 is 2.47 bits per heavy atom. The second kappa shape index (κ2) is 6.80. The molecule has 3 nitrogen and oxygen atoms in total. The van der Waals surface area contributed by atoms with Crippen LogP contribution >= 0.6 is 0 Å². The maximum absolute atomic E-state index is 5.70. The first-order valence-electron chi connectivity index (χ1n) is 7.37. The first-order chi connectivity index (χ1) is 9.24. The van der Waals surface area contributed by atoms with Crippen molar-refractivity contribution in [2.24, 2.45) is 0 Å². The van der Waals surface area contributed by atoms with E-state index in [1.54, 1.807) is 0 Å². The van der Waals surface area contributed by atoms with Crippen LogP contribution in [0.2, 0.25) is 0 Å². The van der Waals surface area contributed by atoms with Gasteiger partial charge in [0.25, 0.3) is 0 Å². The molecule has 1 aliphatic rings. The van der Waals surface area contributed by atoms with Crippen LogP contribution in [0.25, 0.3) is 0 Å². The largest absolute Gasteiger partial charge is 0.490 e. The van der Waals surface area contributed by atoms with Crippen LogP contribution in [0.3, 0.4) is 0 Å². The van der Waals surface area contributed by atoms with Gasteiger partial charge in [0.1, 0.15) is 0 Å². The smallest absolute Gasteiger partial charge is 0.161 e. The minimum absolute atomic E-state index is 0.589. The monoisotopic (exact) mass is 263 g/mol. The summed E-state index contributed by atoms with van der Waals surface area (Å²) in [6, 6.07) is 7.01. The van der Waals surface area contributed by atoms with E-state index >= 15 is 0 Å². The Labute approximate surface area is 116 Å². The third-order valence-corrected chi connectivity index (χ3v) is 3.70. The molecule has 1 saturated heterocycles. The molecule has 106 valence electrons. The molecular weight excluding hydrogens is 238 g/mol. The number of hydrogen-bond acceptors (Lipinski definition) is 3. The van der Waals surface area contributed by atoms with E-state index in [9.17, 15) is 0 Å². The van der Waals surface area contributed by atoms with Crippen molar-refractivity contribution in [3.63, 3.8) is 0 Å². The van der Waals surface area contributed by atoms with Gasteiger partial charge < -0.3 is 14.8 Å². The number of rotatable bonds is 5. The summed E-state index contributed by atoms with van der Waals surface area (Å²) in [6.45, 7) is 8.65. The number of ether oxygens (including phenoxy) is 2. The topological polar surface area (TPSA) is 30.5 Å². The lowest BCUT2D eigenvalue weighted by Crippen LogP contribution is -2.35. The molecule has 2 rings (SSSR count). The number of hydrogen-bond donors (Lipinski definition) is 1. The zero-order valence-electron chi connectivity index (χ0n) is 12.2. The van der Waals surface area contributed by atoms with Crippen LogP contribution in [0.5, 0.6) is 11.5 Å². The Bertz CT molecular complexity index is 398. The molecule has 0 radical (unpaired) electrons. The second-order valence-electron chi connectivity index (χ2n) is 5.16. The van der Waals surface area contributed by atoms with E-state index in [0.717, 1.165) is 18.0 Å². The summed E-state index contributed by atoms with van der Waals surface area (Å²) in [5.74, 6) is 2.32. The molecule has 0 bridgehead atoms. The van der Waals surface area contributed by atoms with Crippen LogP contribution in [0.15, 0.2) is 18.2 Å². The molecule has 2 atom stereocenters. The van der Waals surface area contributed by atoms with Crippen molar-refractivity contribution in [1.82, 2.24) is 5.32 Å². The fraction of sp³-hybridized carbons (Fsp3) is 0.625. The van der Waals surface area contributed by atoms with Gasteiger partial charge >= 0.3 is 0 Å². The lowest BCUT2D eigenvalue weighted by Gasteiger charge is -2.28. The predicted molar refractivity (Wildman–Crippen MR) is 78.2 cm³/mol. The van der Waals surface area contributed by atoms with Gasteiger partial charge in [-0.25, -0.2) is 0 Å². The van der Waals surface area contributed by atoms with Gasteiger partial charge in [-0.3, -0.25) is 0 Å². The normalized spacial score (nSPS) is 23.1. The first kappa shape index (κ1) is 14.2. The molecule has 2 unspecified atom stereocenters. The average Bonchev–Trinajstić information content (AvgIpc) is 2.42. The van der Waals surface area contributed by atoms with E-state index < -0.39 is 0 Å². The summed E-state index contributed by atoms with van der Waals surface area (Å²) in [6.07, 6.45) is 2.48. The molecule has 0 saturated carbocycles. The van der Waals surface area contributed by atoms with Crippen LogP contribution in [-0.4, -0.2) is 25.8 Å². The highest BCUT2D eigenvalue weighted by molar-refractivity contribution is 5.44. The molecule has 1 N–H and O–H groups in total. The molecular formula is C16H25NO2. The molecule has 1 aliphatic heterocycles. The highest BCUT2D eigenvalue weighted by Crippen LogP contribution is 2.33. The van der Waals surface area contributed by atoms with E-state index in [1.165, 1.54) is 18.4 Å². The minimum Gasteiger partial charge on any atom is -0.490 e. The van der Waals surface area contributed by atoms with Crippen LogP contribution in [0.1, 0.15) is 45.1 Å². The lowest BCUT2D eigenvalue weighted by atomic mass is 9.89. The van der Waals surface area contributed by atoms with Crippen molar-refractivity contribution >= 4 is 0 Å². The van der Waals surface area contributed by atoms with E-state index in [1.807, 2.05) is 19.9 Å². The Morgan fingerprint density at radius 2 is 1.84 bits per heavy atom. The molecule has 1 fully saturated rings. The molecule has 1 heterocycles.